The van der Waals surface area contributed by atoms with Crippen molar-refractivity contribution in [3.05, 3.63) is 41.6 Å². The Balaban J connectivity index is 1.91. The van der Waals surface area contributed by atoms with Gasteiger partial charge in [-0.1, -0.05) is 19.1 Å². The number of fused-ring (bicyclic) bond motifs is 1. The second-order valence-corrected chi connectivity index (χ2v) is 5.61. The highest BCUT2D eigenvalue weighted by Gasteiger charge is 2.18. The molecule has 0 radical (unpaired) electrons. The number of aromatic nitrogens is 1. The third kappa shape index (κ3) is 2.25. The number of piperidine rings is 1. The number of benzene rings is 1. The summed E-state index contributed by atoms with van der Waals surface area (Å²) in [7, 11) is 0. The molecule has 2 unspecified atom stereocenters. The average Bonchev–Trinajstić information content (AvgIpc) is 2.39. The number of pyridine rings is 1. The molecule has 1 aromatic carbocycles. The molecule has 2 heteroatoms. The van der Waals surface area contributed by atoms with Crippen molar-refractivity contribution in [2.24, 2.45) is 5.92 Å². The van der Waals surface area contributed by atoms with E-state index in [0.717, 1.165) is 18.0 Å². The first-order chi connectivity index (χ1) is 8.72. The normalized spacial score (nSPS) is 24.3. The summed E-state index contributed by atoms with van der Waals surface area (Å²) in [5, 5.41) is 4.87. The van der Waals surface area contributed by atoms with E-state index in [9.17, 15) is 0 Å². The number of hydrogen-bond acceptors (Lipinski definition) is 2. The maximum atomic E-state index is 4.52. The Morgan fingerprint density at radius 2 is 2.11 bits per heavy atom. The highest BCUT2D eigenvalue weighted by Crippen LogP contribution is 2.27. The average molecular weight is 240 g/mol. The molecule has 0 amide bonds. The molecule has 1 aliphatic rings. The Morgan fingerprint density at radius 1 is 1.22 bits per heavy atom. The Bertz CT molecular complexity index is 554. The lowest BCUT2D eigenvalue weighted by Crippen LogP contribution is -2.31. The van der Waals surface area contributed by atoms with Crippen LogP contribution in [-0.2, 0) is 0 Å². The SMILES string of the molecule is Cc1cnc2cc(C3CCC(C)CN3)ccc2c1. The van der Waals surface area contributed by atoms with Gasteiger partial charge in [-0.25, -0.2) is 0 Å². The zero-order chi connectivity index (χ0) is 12.5. The minimum atomic E-state index is 0.508. The fourth-order valence-corrected chi connectivity index (χ4v) is 2.75. The van der Waals surface area contributed by atoms with Crippen LogP contribution in [0.3, 0.4) is 0 Å². The van der Waals surface area contributed by atoms with Gasteiger partial charge in [-0.3, -0.25) is 4.98 Å². The number of hydrogen-bond donors (Lipinski definition) is 1. The Labute approximate surface area is 108 Å². The van der Waals surface area contributed by atoms with Crippen LogP contribution in [0.1, 0.15) is 36.9 Å². The lowest BCUT2D eigenvalue weighted by atomic mass is 9.91. The van der Waals surface area contributed by atoms with Crippen molar-refractivity contribution in [2.75, 3.05) is 6.54 Å². The van der Waals surface area contributed by atoms with E-state index >= 15 is 0 Å². The molecule has 2 heterocycles. The van der Waals surface area contributed by atoms with E-state index in [4.69, 9.17) is 0 Å². The number of aryl methyl sites for hydroxylation is 1. The number of rotatable bonds is 1. The van der Waals surface area contributed by atoms with Gasteiger partial charge in [0.2, 0.25) is 0 Å². The first-order valence-corrected chi connectivity index (χ1v) is 6.82. The van der Waals surface area contributed by atoms with Gasteiger partial charge in [-0.15, -0.1) is 0 Å². The van der Waals surface area contributed by atoms with Crippen molar-refractivity contribution >= 4 is 10.9 Å². The summed E-state index contributed by atoms with van der Waals surface area (Å²) < 4.78 is 0. The summed E-state index contributed by atoms with van der Waals surface area (Å²) >= 11 is 0. The van der Waals surface area contributed by atoms with E-state index in [1.54, 1.807) is 0 Å². The van der Waals surface area contributed by atoms with Crippen LogP contribution in [0.4, 0.5) is 0 Å². The predicted molar refractivity (Wildman–Crippen MR) is 75.6 cm³/mol. The lowest BCUT2D eigenvalue weighted by molar-refractivity contribution is 0.333. The summed E-state index contributed by atoms with van der Waals surface area (Å²) in [6.07, 6.45) is 4.50. The van der Waals surface area contributed by atoms with Gasteiger partial charge in [0, 0.05) is 17.6 Å². The third-order valence-electron chi connectivity index (χ3n) is 3.91. The van der Waals surface area contributed by atoms with Gasteiger partial charge >= 0.3 is 0 Å². The molecule has 0 spiro atoms. The lowest BCUT2D eigenvalue weighted by Gasteiger charge is -2.28. The zero-order valence-electron chi connectivity index (χ0n) is 11.1. The molecule has 1 aromatic heterocycles. The van der Waals surface area contributed by atoms with Crippen molar-refractivity contribution < 1.29 is 0 Å². The van der Waals surface area contributed by atoms with Crippen molar-refractivity contribution in [2.45, 2.75) is 32.7 Å². The van der Waals surface area contributed by atoms with Crippen LogP contribution in [0.2, 0.25) is 0 Å². The van der Waals surface area contributed by atoms with Gasteiger partial charge in [-0.05, 0) is 55.5 Å². The van der Waals surface area contributed by atoms with Crippen LogP contribution in [0.5, 0.6) is 0 Å². The molecule has 1 saturated heterocycles. The van der Waals surface area contributed by atoms with Crippen molar-refractivity contribution in [1.29, 1.82) is 0 Å². The number of nitrogens with one attached hydrogen (secondary N) is 1. The summed E-state index contributed by atoms with van der Waals surface area (Å²) in [5.41, 5.74) is 3.71. The molecule has 2 nitrogen and oxygen atoms in total. The summed E-state index contributed by atoms with van der Waals surface area (Å²) in [6.45, 7) is 5.53. The molecule has 18 heavy (non-hydrogen) atoms. The van der Waals surface area contributed by atoms with Gasteiger partial charge in [0.05, 0.1) is 5.52 Å². The van der Waals surface area contributed by atoms with E-state index in [1.807, 2.05) is 6.20 Å². The molecular weight excluding hydrogens is 220 g/mol. The predicted octanol–water partition coefficient (Wildman–Crippen LogP) is 3.60. The Morgan fingerprint density at radius 3 is 2.89 bits per heavy atom. The zero-order valence-corrected chi connectivity index (χ0v) is 11.1. The van der Waals surface area contributed by atoms with Gasteiger partial charge in [0.1, 0.15) is 0 Å². The van der Waals surface area contributed by atoms with E-state index in [0.29, 0.717) is 6.04 Å². The second kappa shape index (κ2) is 4.69. The van der Waals surface area contributed by atoms with Crippen LogP contribution in [0.25, 0.3) is 10.9 Å². The van der Waals surface area contributed by atoms with Crippen LogP contribution in [0.15, 0.2) is 30.5 Å². The van der Waals surface area contributed by atoms with E-state index in [1.165, 1.54) is 29.4 Å². The molecule has 3 rings (SSSR count). The molecule has 1 N–H and O–H groups in total. The maximum absolute atomic E-state index is 4.52. The Kier molecular flexibility index (Phi) is 3.04. The molecule has 2 atom stereocenters. The molecule has 2 aromatic rings. The maximum Gasteiger partial charge on any atom is 0.0705 e. The van der Waals surface area contributed by atoms with Crippen LogP contribution >= 0.6 is 0 Å². The highest BCUT2D eigenvalue weighted by atomic mass is 14.9. The molecular formula is C16H20N2. The topological polar surface area (TPSA) is 24.9 Å². The van der Waals surface area contributed by atoms with E-state index < -0.39 is 0 Å². The van der Waals surface area contributed by atoms with E-state index in [2.05, 4.69) is 48.4 Å². The quantitative estimate of drug-likeness (QED) is 0.823. The highest BCUT2D eigenvalue weighted by molar-refractivity contribution is 5.79. The van der Waals surface area contributed by atoms with Gasteiger partial charge < -0.3 is 5.32 Å². The van der Waals surface area contributed by atoms with Crippen LogP contribution in [-0.4, -0.2) is 11.5 Å². The van der Waals surface area contributed by atoms with Gasteiger partial charge in [0.25, 0.3) is 0 Å². The molecule has 1 fully saturated rings. The smallest absolute Gasteiger partial charge is 0.0705 e. The third-order valence-corrected chi connectivity index (χ3v) is 3.91. The van der Waals surface area contributed by atoms with Crippen molar-refractivity contribution in [1.82, 2.24) is 10.3 Å². The summed E-state index contributed by atoms with van der Waals surface area (Å²) in [6, 6.07) is 9.39. The second-order valence-electron chi connectivity index (χ2n) is 5.61. The fraction of sp³-hybridized carbons (Fsp3) is 0.438. The largest absolute Gasteiger partial charge is 0.310 e. The van der Waals surface area contributed by atoms with Gasteiger partial charge in [-0.2, -0.15) is 0 Å². The standard InChI is InChI=1S/C16H20N2/c1-11-3-6-15(17-9-11)14-5-4-13-7-12(2)10-18-16(13)8-14/h4-5,7-8,10-11,15,17H,3,6,9H2,1-2H3. The first-order valence-electron chi connectivity index (χ1n) is 6.82. The molecule has 0 aliphatic carbocycles. The van der Waals surface area contributed by atoms with Crippen molar-refractivity contribution in [3.8, 4) is 0 Å². The van der Waals surface area contributed by atoms with Crippen molar-refractivity contribution in [3.63, 3.8) is 0 Å². The first kappa shape index (κ1) is 11.7. The molecule has 94 valence electrons. The summed E-state index contributed by atoms with van der Waals surface area (Å²) in [5.74, 6) is 0.808. The number of nitrogens with zero attached hydrogens (tertiary/aromatic N) is 1. The van der Waals surface area contributed by atoms with Gasteiger partial charge in [0.15, 0.2) is 0 Å². The molecule has 0 saturated carbocycles. The van der Waals surface area contributed by atoms with Crippen LogP contribution in [0, 0.1) is 12.8 Å². The minimum Gasteiger partial charge on any atom is -0.310 e. The fourth-order valence-electron chi connectivity index (χ4n) is 2.75. The Hall–Kier alpha value is -1.41. The monoisotopic (exact) mass is 240 g/mol. The molecule has 0 bridgehead atoms. The minimum absolute atomic E-state index is 0.508. The van der Waals surface area contributed by atoms with Crippen LogP contribution < -0.4 is 5.32 Å². The summed E-state index contributed by atoms with van der Waals surface area (Å²) in [4.78, 5) is 4.52. The van der Waals surface area contributed by atoms with E-state index in [-0.39, 0.29) is 0 Å². The molecule has 1 aliphatic heterocycles.